The summed E-state index contributed by atoms with van der Waals surface area (Å²) in [5.74, 6) is 2.88. The molecule has 0 amide bonds. The van der Waals surface area contributed by atoms with Crippen molar-refractivity contribution in [2.24, 2.45) is 0 Å². The van der Waals surface area contributed by atoms with Gasteiger partial charge in [0.25, 0.3) is 0 Å². The number of nitrogens with one attached hydrogen (secondary N) is 2. The molecule has 0 spiro atoms. The van der Waals surface area contributed by atoms with E-state index in [0.717, 1.165) is 36.2 Å². The molecule has 0 saturated carbocycles. The Morgan fingerprint density at radius 1 is 1.09 bits per heavy atom. The third-order valence-electron chi connectivity index (χ3n) is 3.55. The second-order valence-corrected chi connectivity index (χ2v) is 6.28. The van der Waals surface area contributed by atoms with Crippen molar-refractivity contribution in [1.82, 2.24) is 14.9 Å². The fourth-order valence-electron chi connectivity index (χ4n) is 2.38. The molecule has 2 aromatic rings. The first-order valence-corrected chi connectivity index (χ1v) is 8.06. The van der Waals surface area contributed by atoms with Gasteiger partial charge in [-0.15, -0.1) is 0 Å². The van der Waals surface area contributed by atoms with E-state index in [2.05, 4.69) is 71.6 Å². The van der Waals surface area contributed by atoms with Crippen LogP contribution in [0.1, 0.15) is 31.2 Å². The number of hydrogen-bond acceptors (Lipinski definition) is 5. The molecule has 2 rings (SSSR count). The van der Waals surface area contributed by atoms with Gasteiger partial charge in [0.15, 0.2) is 0 Å². The highest BCUT2D eigenvalue weighted by molar-refractivity contribution is 5.63. The minimum absolute atomic E-state index is 0.458. The summed E-state index contributed by atoms with van der Waals surface area (Å²) in [6.07, 6.45) is 0. The molecule has 0 unspecified atom stereocenters. The maximum atomic E-state index is 4.50. The zero-order chi connectivity index (χ0) is 16.8. The number of benzene rings is 1. The van der Waals surface area contributed by atoms with Crippen LogP contribution in [0.3, 0.4) is 0 Å². The van der Waals surface area contributed by atoms with E-state index in [1.165, 1.54) is 5.56 Å². The van der Waals surface area contributed by atoms with Crippen LogP contribution in [0.15, 0.2) is 30.3 Å². The van der Waals surface area contributed by atoms with E-state index in [1.54, 1.807) is 0 Å². The molecule has 0 aliphatic carbocycles. The molecule has 0 aliphatic heterocycles. The molecule has 1 aromatic carbocycles. The Bertz CT molecular complexity index is 637. The fourth-order valence-corrected chi connectivity index (χ4v) is 2.38. The Balaban J connectivity index is 2.15. The molecule has 1 heterocycles. The SMILES string of the molecule is Cc1nc(NCCN(C)C)cc(Nc2ccccc2C(C)C)n1. The highest BCUT2D eigenvalue weighted by Crippen LogP contribution is 2.26. The molecule has 0 aliphatic rings. The smallest absolute Gasteiger partial charge is 0.136 e. The van der Waals surface area contributed by atoms with Gasteiger partial charge in [0.05, 0.1) is 0 Å². The molecular weight excluding hydrogens is 286 g/mol. The summed E-state index contributed by atoms with van der Waals surface area (Å²) in [7, 11) is 4.12. The standard InChI is InChI=1S/C18H27N5/c1-13(2)15-8-6-7-9-16(15)22-18-12-17(20-14(3)21-18)19-10-11-23(4)5/h6-9,12-13H,10-11H2,1-5H3,(H2,19,20,21,22). The summed E-state index contributed by atoms with van der Waals surface area (Å²) in [5.41, 5.74) is 2.38. The first-order valence-electron chi connectivity index (χ1n) is 8.06. The van der Waals surface area contributed by atoms with Crippen molar-refractivity contribution in [2.45, 2.75) is 26.7 Å². The summed E-state index contributed by atoms with van der Waals surface area (Å²) in [4.78, 5) is 11.1. The van der Waals surface area contributed by atoms with Crippen molar-refractivity contribution >= 4 is 17.3 Å². The van der Waals surface area contributed by atoms with Gasteiger partial charge in [-0.25, -0.2) is 9.97 Å². The number of nitrogens with zero attached hydrogens (tertiary/aromatic N) is 3. The van der Waals surface area contributed by atoms with Crippen LogP contribution in [0.4, 0.5) is 17.3 Å². The quantitative estimate of drug-likeness (QED) is 0.817. The zero-order valence-electron chi connectivity index (χ0n) is 14.7. The van der Waals surface area contributed by atoms with Gasteiger partial charge in [0, 0.05) is 24.8 Å². The van der Waals surface area contributed by atoms with Crippen LogP contribution >= 0.6 is 0 Å². The summed E-state index contributed by atoms with van der Waals surface area (Å²) in [6.45, 7) is 8.12. The summed E-state index contributed by atoms with van der Waals surface area (Å²) in [5, 5.41) is 6.78. The summed E-state index contributed by atoms with van der Waals surface area (Å²) < 4.78 is 0. The van der Waals surface area contributed by atoms with Crippen molar-refractivity contribution in [3.8, 4) is 0 Å². The van der Waals surface area contributed by atoms with E-state index in [4.69, 9.17) is 0 Å². The van der Waals surface area contributed by atoms with Crippen LogP contribution in [0.2, 0.25) is 0 Å². The second-order valence-electron chi connectivity index (χ2n) is 6.28. The van der Waals surface area contributed by atoms with E-state index in [9.17, 15) is 0 Å². The van der Waals surface area contributed by atoms with Crippen LogP contribution < -0.4 is 10.6 Å². The monoisotopic (exact) mass is 313 g/mol. The van der Waals surface area contributed by atoms with Gasteiger partial charge in [-0.2, -0.15) is 0 Å². The number of rotatable bonds is 7. The lowest BCUT2D eigenvalue weighted by molar-refractivity contribution is 0.425. The lowest BCUT2D eigenvalue weighted by Gasteiger charge is -2.15. The molecule has 0 fully saturated rings. The van der Waals surface area contributed by atoms with Crippen LogP contribution in [0.5, 0.6) is 0 Å². The lowest BCUT2D eigenvalue weighted by atomic mass is 10.0. The van der Waals surface area contributed by atoms with Crippen LogP contribution in [0, 0.1) is 6.92 Å². The third-order valence-corrected chi connectivity index (χ3v) is 3.55. The van der Waals surface area contributed by atoms with E-state index in [0.29, 0.717) is 5.92 Å². The number of aromatic nitrogens is 2. The van der Waals surface area contributed by atoms with Crippen molar-refractivity contribution in [3.05, 3.63) is 41.7 Å². The van der Waals surface area contributed by atoms with Gasteiger partial charge in [-0.05, 0) is 38.6 Å². The number of para-hydroxylation sites is 1. The first kappa shape index (κ1) is 17.2. The predicted molar refractivity (Wildman–Crippen MR) is 97.6 cm³/mol. The third kappa shape index (κ3) is 5.21. The van der Waals surface area contributed by atoms with Gasteiger partial charge >= 0.3 is 0 Å². The molecule has 5 nitrogen and oxygen atoms in total. The largest absolute Gasteiger partial charge is 0.369 e. The van der Waals surface area contributed by atoms with Crippen molar-refractivity contribution in [1.29, 1.82) is 0 Å². The van der Waals surface area contributed by atoms with Crippen LogP contribution in [0.25, 0.3) is 0 Å². The van der Waals surface area contributed by atoms with Gasteiger partial charge in [0.1, 0.15) is 17.5 Å². The predicted octanol–water partition coefficient (Wildman–Crippen LogP) is 3.63. The molecule has 23 heavy (non-hydrogen) atoms. The minimum atomic E-state index is 0.458. The van der Waals surface area contributed by atoms with Crippen LogP contribution in [-0.4, -0.2) is 42.1 Å². The zero-order valence-corrected chi connectivity index (χ0v) is 14.7. The van der Waals surface area contributed by atoms with E-state index >= 15 is 0 Å². The lowest BCUT2D eigenvalue weighted by Crippen LogP contribution is -2.21. The maximum absolute atomic E-state index is 4.50. The van der Waals surface area contributed by atoms with Gasteiger partial charge in [-0.3, -0.25) is 0 Å². The Kier molecular flexibility index (Phi) is 5.93. The minimum Gasteiger partial charge on any atom is -0.369 e. The van der Waals surface area contributed by atoms with E-state index in [-0.39, 0.29) is 0 Å². The van der Waals surface area contributed by atoms with Gasteiger partial charge in [-0.1, -0.05) is 32.0 Å². The Hall–Kier alpha value is -2.14. The second kappa shape index (κ2) is 7.92. The Labute approximate surface area is 139 Å². The van der Waals surface area contributed by atoms with Gasteiger partial charge < -0.3 is 15.5 Å². The Morgan fingerprint density at radius 3 is 2.48 bits per heavy atom. The van der Waals surface area contributed by atoms with E-state index in [1.807, 2.05) is 19.1 Å². The Morgan fingerprint density at radius 2 is 1.78 bits per heavy atom. The topological polar surface area (TPSA) is 53.1 Å². The molecule has 5 heteroatoms. The summed E-state index contributed by atoms with van der Waals surface area (Å²) >= 11 is 0. The number of aryl methyl sites for hydroxylation is 1. The molecular formula is C18H27N5. The highest BCUT2D eigenvalue weighted by Gasteiger charge is 2.08. The van der Waals surface area contributed by atoms with Gasteiger partial charge in [0.2, 0.25) is 0 Å². The molecule has 124 valence electrons. The van der Waals surface area contributed by atoms with Crippen molar-refractivity contribution in [3.63, 3.8) is 0 Å². The molecule has 0 saturated heterocycles. The van der Waals surface area contributed by atoms with Crippen molar-refractivity contribution in [2.75, 3.05) is 37.8 Å². The first-order chi connectivity index (χ1) is 11.0. The molecule has 1 aromatic heterocycles. The molecule has 0 bridgehead atoms. The van der Waals surface area contributed by atoms with E-state index < -0.39 is 0 Å². The number of anilines is 3. The number of hydrogen-bond donors (Lipinski definition) is 2. The maximum Gasteiger partial charge on any atom is 0.136 e. The average Bonchev–Trinajstić information content (AvgIpc) is 2.46. The number of likely N-dealkylation sites (N-methyl/N-ethyl adjacent to an activating group) is 1. The normalized spacial score (nSPS) is 11.1. The summed E-state index contributed by atoms with van der Waals surface area (Å²) in [6, 6.07) is 10.3. The van der Waals surface area contributed by atoms with Crippen LogP contribution in [-0.2, 0) is 0 Å². The molecule has 0 atom stereocenters. The highest BCUT2D eigenvalue weighted by atomic mass is 15.1. The fraction of sp³-hybridized carbons (Fsp3) is 0.444. The average molecular weight is 313 g/mol. The molecule has 0 radical (unpaired) electrons. The van der Waals surface area contributed by atoms with Crippen molar-refractivity contribution < 1.29 is 0 Å². The molecule has 2 N–H and O–H groups in total.